The summed E-state index contributed by atoms with van der Waals surface area (Å²) in [6.45, 7) is 2.20. The van der Waals surface area contributed by atoms with Crippen LogP contribution in [0.15, 0.2) is 72.9 Å². The lowest BCUT2D eigenvalue weighted by Gasteiger charge is -2.32. The number of carbonyl (C=O) groups excluding carboxylic acids is 7. The van der Waals surface area contributed by atoms with Gasteiger partial charge in [-0.25, -0.2) is 4.79 Å². The molecule has 0 saturated carbocycles. The van der Waals surface area contributed by atoms with E-state index in [-0.39, 0.29) is 54.9 Å². The Bertz CT molecular complexity index is 2270. The van der Waals surface area contributed by atoms with Crippen molar-refractivity contribution in [2.75, 3.05) is 38.0 Å². The van der Waals surface area contributed by atoms with Gasteiger partial charge >= 0.3 is 6.03 Å². The number of amides is 8. The van der Waals surface area contributed by atoms with Crippen molar-refractivity contribution in [3.63, 3.8) is 0 Å². The zero-order valence-electron chi connectivity index (χ0n) is 31.8. The number of hydrogen-bond donors (Lipinski definition) is 6. The van der Waals surface area contributed by atoms with Gasteiger partial charge in [0.2, 0.25) is 17.7 Å². The molecule has 3 aliphatic rings. The van der Waals surface area contributed by atoms with Gasteiger partial charge in [0.05, 0.1) is 34.4 Å². The molecule has 1 atom stereocenters. The largest absolute Gasteiger partial charge is 0.365 e. The fourth-order valence-corrected chi connectivity index (χ4v) is 7.76. The molecule has 1 aromatic heterocycles. The van der Waals surface area contributed by atoms with Gasteiger partial charge < -0.3 is 31.9 Å². The number of carbonyl (C=O) groups is 7. The fraction of sp³-hybridized carbons (Fsp3) is 0.333. The van der Waals surface area contributed by atoms with E-state index in [0.717, 1.165) is 39.9 Å². The molecule has 4 aromatic rings. The van der Waals surface area contributed by atoms with E-state index >= 15 is 0 Å². The van der Waals surface area contributed by atoms with Crippen LogP contribution < -0.4 is 32.3 Å². The van der Waals surface area contributed by atoms with E-state index in [9.17, 15) is 33.6 Å². The van der Waals surface area contributed by atoms with Crippen LogP contribution in [0.25, 0.3) is 10.9 Å². The first-order valence-electron chi connectivity index (χ1n) is 19.5. The van der Waals surface area contributed by atoms with Crippen molar-refractivity contribution < 1.29 is 33.6 Å². The summed E-state index contributed by atoms with van der Waals surface area (Å²) in [5, 5.41) is 15.2. The van der Waals surface area contributed by atoms with Crippen LogP contribution in [0.5, 0.6) is 0 Å². The third kappa shape index (κ3) is 8.66. The highest BCUT2D eigenvalue weighted by Crippen LogP contribution is 2.35. The number of benzene rings is 3. The number of fused-ring (bicyclic) bond motifs is 2. The number of piperidine rings is 2. The molecule has 300 valence electrons. The maximum absolute atomic E-state index is 13.3. The first kappa shape index (κ1) is 39.6. The lowest BCUT2D eigenvalue weighted by atomic mass is 9.88. The zero-order chi connectivity index (χ0) is 40.8. The second kappa shape index (κ2) is 17.6. The van der Waals surface area contributed by atoms with Gasteiger partial charge in [-0.2, -0.15) is 0 Å². The quantitative estimate of drug-likeness (QED) is 0.0809. The highest BCUT2D eigenvalue weighted by molar-refractivity contribution is 6.24. The number of urea groups is 1. The van der Waals surface area contributed by atoms with E-state index in [2.05, 4.69) is 43.7 Å². The van der Waals surface area contributed by atoms with Crippen LogP contribution in [0, 0.1) is 0 Å². The number of nitrogens with two attached hydrogens (primary N) is 1. The molecule has 16 nitrogen and oxygen atoms in total. The Balaban J connectivity index is 0.812. The number of unbranched alkanes of at least 4 members (excludes halogenated alkanes) is 1. The standard InChI is InChI=1S/C42H45N9O7/c43-38(54)31-23-47-32-12-11-26(21-30(32)37(31)48-28-8-2-1-3-9-28)25-15-19-50(20-16-25)42(58)46-18-5-4-17-45-35(53)24-44-22-27-7-6-10-29-36(27)41(57)51(40(29)56)33-13-14-34(52)49-39(33)55/h1-3,6-12,21,23,25,33,44H,4-5,13-20,22,24H2,(H2,43,54)(H,45,53)(H,46,58)(H,47,48)(H,49,52,55). The number of likely N-dealkylation sites (tertiary alicyclic amines) is 1. The van der Waals surface area contributed by atoms with E-state index in [0.29, 0.717) is 55.8 Å². The summed E-state index contributed by atoms with van der Waals surface area (Å²) < 4.78 is 0. The Hall–Kier alpha value is -6.68. The molecule has 2 saturated heterocycles. The van der Waals surface area contributed by atoms with Crippen LogP contribution in [0.4, 0.5) is 16.2 Å². The van der Waals surface area contributed by atoms with Crippen LogP contribution in [0.3, 0.4) is 0 Å². The molecule has 58 heavy (non-hydrogen) atoms. The SMILES string of the molecule is NC(=O)c1cnc2ccc(C3CCN(C(=O)NCCCCNC(=O)CNCc4cccc5c4C(=O)N(C4CCC(=O)NC4=O)C5=O)CC3)cc2c1Nc1ccccc1. The fourth-order valence-electron chi connectivity index (χ4n) is 7.76. The second-order valence-corrected chi connectivity index (χ2v) is 14.6. The smallest absolute Gasteiger partial charge is 0.317 e. The molecule has 7 N–H and O–H groups in total. The minimum atomic E-state index is -1.05. The maximum Gasteiger partial charge on any atom is 0.317 e. The van der Waals surface area contributed by atoms with Crippen LogP contribution >= 0.6 is 0 Å². The average molecular weight is 788 g/mol. The number of primary amides is 1. The van der Waals surface area contributed by atoms with Gasteiger partial charge in [0.15, 0.2) is 0 Å². The monoisotopic (exact) mass is 787 g/mol. The number of pyridine rings is 1. The lowest BCUT2D eigenvalue weighted by Crippen LogP contribution is -2.54. The molecule has 16 heteroatoms. The molecule has 0 aliphatic carbocycles. The second-order valence-electron chi connectivity index (χ2n) is 14.6. The Kier molecular flexibility index (Phi) is 12.0. The van der Waals surface area contributed by atoms with Gasteiger partial charge in [-0.1, -0.05) is 36.4 Å². The number of rotatable bonds is 14. The first-order chi connectivity index (χ1) is 28.1. The van der Waals surface area contributed by atoms with E-state index in [1.165, 1.54) is 12.3 Å². The van der Waals surface area contributed by atoms with Gasteiger partial charge in [-0.15, -0.1) is 0 Å². The average Bonchev–Trinajstić information content (AvgIpc) is 3.48. The van der Waals surface area contributed by atoms with E-state index < -0.39 is 35.6 Å². The molecule has 3 aliphatic heterocycles. The number of nitrogens with zero attached hydrogens (tertiary/aromatic N) is 3. The highest BCUT2D eigenvalue weighted by Gasteiger charge is 2.45. The van der Waals surface area contributed by atoms with E-state index in [1.807, 2.05) is 41.3 Å². The molecule has 4 heterocycles. The van der Waals surface area contributed by atoms with Crippen molar-refractivity contribution in [3.05, 3.63) is 101 Å². The zero-order valence-corrected chi connectivity index (χ0v) is 31.8. The minimum absolute atomic E-state index is 0.0222. The number of imide groups is 2. The van der Waals surface area contributed by atoms with Crippen molar-refractivity contribution in [1.82, 2.24) is 36.1 Å². The molecule has 3 aromatic carbocycles. The normalized spacial score (nSPS) is 16.9. The van der Waals surface area contributed by atoms with Crippen LogP contribution in [-0.4, -0.2) is 95.0 Å². The van der Waals surface area contributed by atoms with Crippen LogP contribution in [-0.2, 0) is 20.9 Å². The summed E-state index contributed by atoms with van der Waals surface area (Å²) in [4.78, 5) is 95.3. The first-order valence-corrected chi connectivity index (χ1v) is 19.5. The third-order valence-corrected chi connectivity index (χ3v) is 10.8. The van der Waals surface area contributed by atoms with Crippen LogP contribution in [0.2, 0.25) is 0 Å². The summed E-state index contributed by atoms with van der Waals surface area (Å²) >= 11 is 0. The predicted octanol–water partition coefficient (Wildman–Crippen LogP) is 3.05. The minimum Gasteiger partial charge on any atom is -0.365 e. The predicted molar refractivity (Wildman–Crippen MR) is 214 cm³/mol. The Morgan fingerprint density at radius 1 is 0.862 bits per heavy atom. The molecule has 1 unspecified atom stereocenters. The number of nitrogens with one attached hydrogen (secondary N) is 5. The van der Waals surface area contributed by atoms with Crippen molar-refractivity contribution in [1.29, 1.82) is 0 Å². The lowest BCUT2D eigenvalue weighted by molar-refractivity contribution is -0.136. The number of para-hydroxylation sites is 1. The van der Waals surface area contributed by atoms with Gasteiger partial charge in [0.25, 0.3) is 17.7 Å². The summed E-state index contributed by atoms with van der Waals surface area (Å²) in [7, 11) is 0. The molecule has 2 fully saturated rings. The van der Waals surface area contributed by atoms with Crippen LogP contribution in [0.1, 0.15) is 86.6 Å². The van der Waals surface area contributed by atoms with Gasteiger partial charge in [-0.3, -0.25) is 44.0 Å². The van der Waals surface area contributed by atoms with Gasteiger partial charge in [-0.05, 0) is 79.5 Å². The summed E-state index contributed by atoms with van der Waals surface area (Å²) in [5.41, 5.74) is 10.2. The summed E-state index contributed by atoms with van der Waals surface area (Å²) in [5.74, 6) is -2.88. The number of hydrogen-bond acceptors (Lipinski definition) is 10. The van der Waals surface area contributed by atoms with Gasteiger partial charge in [0.1, 0.15) is 6.04 Å². The summed E-state index contributed by atoms with van der Waals surface area (Å²) in [6, 6.07) is 19.3. The van der Waals surface area contributed by atoms with Crippen molar-refractivity contribution in [2.24, 2.45) is 5.73 Å². The Morgan fingerprint density at radius 2 is 1.62 bits per heavy atom. The number of anilines is 2. The number of aromatic nitrogens is 1. The van der Waals surface area contributed by atoms with E-state index in [1.54, 1.807) is 12.1 Å². The Morgan fingerprint density at radius 3 is 2.36 bits per heavy atom. The van der Waals surface area contributed by atoms with Crippen molar-refractivity contribution >= 4 is 63.8 Å². The molecule has 8 amide bonds. The highest BCUT2D eigenvalue weighted by atomic mass is 16.2. The molecule has 0 spiro atoms. The van der Waals surface area contributed by atoms with Crippen molar-refractivity contribution in [3.8, 4) is 0 Å². The molecule has 7 rings (SSSR count). The van der Waals surface area contributed by atoms with Crippen molar-refractivity contribution in [2.45, 2.75) is 57.0 Å². The molecular formula is C42H45N9O7. The molecule has 0 bridgehead atoms. The topological polar surface area (TPSA) is 225 Å². The third-order valence-electron chi connectivity index (χ3n) is 10.8. The molecule has 0 radical (unpaired) electrons. The van der Waals surface area contributed by atoms with Gasteiger partial charge in [0, 0.05) is 56.4 Å². The summed E-state index contributed by atoms with van der Waals surface area (Å²) in [6.07, 6.45) is 4.50. The molecular weight excluding hydrogens is 743 g/mol. The maximum atomic E-state index is 13.3. The van der Waals surface area contributed by atoms with E-state index in [4.69, 9.17) is 5.73 Å². The Labute approximate surface area is 334 Å².